The van der Waals surface area contributed by atoms with Crippen LogP contribution in [0.2, 0.25) is 0 Å². The molecule has 1 aliphatic carbocycles. The van der Waals surface area contributed by atoms with Gasteiger partial charge < -0.3 is 0 Å². The van der Waals surface area contributed by atoms with E-state index in [0.717, 1.165) is 25.2 Å². The number of hydrogen-bond donors (Lipinski definition) is 0. The van der Waals surface area contributed by atoms with Crippen molar-refractivity contribution in [2.24, 2.45) is 11.3 Å². The molecule has 1 heteroatoms. The molecule has 14 heavy (non-hydrogen) atoms. The van der Waals surface area contributed by atoms with Crippen LogP contribution in [0, 0.1) is 11.3 Å². The van der Waals surface area contributed by atoms with Gasteiger partial charge in [0.15, 0.2) is 0 Å². The third-order valence-corrected chi connectivity index (χ3v) is 3.76. The van der Waals surface area contributed by atoms with Gasteiger partial charge in [0.05, 0.1) is 0 Å². The summed E-state index contributed by atoms with van der Waals surface area (Å²) in [6.45, 7) is 6.29. The van der Waals surface area contributed by atoms with Gasteiger partial charge in [-0.1, -0.05) is 39.5 Å². The Morgan fingerprint density at radius 1 is 1.21 bits per heavy atom. The van der Waals surface area contributed by atoms with Crippen molar-refractivity contribution in [2.45, 2.75) is 65.7 Å². The van der Waals surface area contributed by atoms with Gasteiger partial charge in [0.1, 0.15) is 5.78 Å². The standard InChI is InChI=1S/C13H24O/c1-11(2)7-10-13(12(3)14)8-5-4-6-9-13/h11H,4-10H2,1-3H3. The maximum atomic E-state index is 11.7. The highest BCUT2D eigenvalue weighted by atomic mass is 16.1. The fourth-order valence-electron chi connectivity index (χ4n) is 2.57. The van der Waals surface area contributed by atoms with Gasteiger partial charge in [-0.15, -0.1) is 0 Å². The average molecular weight is 196 g/mol. The maximum absolute atomic E-state index is 11.7. The summed E-state index contributed by atoms with van der Waals surface area (Å²) in [7, 11) is 0. The third-order valence-electron chi connectivity index (χ3n) is 3.76. The Kier molecular flexibility index (Phi) is 4.15. The smallest absolute Gasteiger partial charge is 0.135 e. The van der Waals surface area contributed by atoms with Crippen LogP contribution in [0.15, 0.2) is 0 Å². The van der Waals surface area contributed by atoms with E-state index in [-0.39, 0.29) is 5.41 Å². The minimum absolute atomic E-state index is 0.0719. The van der Waals surface area contributed by atoms with Crippen molar-refractivity contribution in [1.29, 1.82) is 0 Å². The van der Waals surface area contributed by atoms with E-state index in [1.807, 2.05) is 0 Å². The Hall–Kier alpha value is -0.330. The quantitative estimate of drug-likeness (QED) is 0.665. The molecule has 1 saturated carbocycles. The number of ketones is 1. The molecule has 0 bridgehead atoms. The molecule has 1 nitrogen and oxygen atoms in total. The maximum Gasteiger partial charge on any atom is 0.135 e. The third kappa shape index (κ3) is 2.83. The Bertz CT molecular complexity index is 187. The Morgan fingerprint density at radius 2 is 1.79 bits per heavy atom. The Morgan fingerprint density at radius 3 is 2.21 bits per heavy atom. The van der Waals surface area contributed by atoms with Crippen molar-refractivity contribution in [3.8, 4) is 0 Å². The molecule has 0 saturated heterocycles. The fraction of sp³-hybridized carbons (Fsp3) is 0.923. The van der Waals surface area contributed by atoms with Crippen molar-refractivity contribution < 1.29 is 4.79 Å². The van der Waals surface area contributed by atoms with Gasteiger partial charge in [0, 0.05) is 5.41 Å². The van der Waals surface area contributed by atoms with Crippen molar-refractivity contribution in [3.63, 3.8) is 0 Å². The first-order chi connectivity index (χ1) is 6.57. The summed E-state index contributed by atoms with van der Waals surface area (Å²) in [6, 6.07) is 0. The van der Waals surface area contributed by atoms with E-state index >= 15 is 0 Å². The molecular formula is C13H24O. The number of hydrogen-bond acceptors (Lipinski definition) is 1. The summed E-state index contributed by atoms with van der Waals surface area (Å²) in [5.41, 5.74) is 0.0719. The zero-order chi connectivity index (χ0) is 10.6. The molecule has 0 amide bonds. The van der Waals surface area contributed by atoms with Crippen LogP contribution in [-0.4, -0.2) is 5.78 Å². The van der Waals surface area contributed by atoms with Crippen LogP contribution in [-0.2, 0) is 4.79 Å². The van der Waals surface area contributed by atoms with Gasteiger partial charge >= 0.3 is 0 Å². The summed E-state index contributed by atoms with van der Waals surface area (Å²) < 4.78 is 0. The van der Waals surface area contributed by atoms with Gasteiger partial charge in [0.2, 0.25) is 0 Å². The summed E-state index contributed by atoms with van der Waals surface area (Å²) >= 11 is 0. The van der Waals surface area contributed by atoms with E-state index in [2.05, 4.69) is 13.8 Å². The molecule has 1 fully saturated rings. The second-order valence-electron chi connectivity index (χ2n) is 5.33. The number of carbonyl (C=O) groups excluding carboxylic acids is 1. The van der Waals surface area contributed by atoms with E-state index in [1.54, 1.807) is 6.92 Å². The summed E-state index contributed by atoms with van der Waals surface area (Å²) in [6.07, 6.45) is 8.48. The second-order valence-corrected chi connectivity index (χ2v) is 5.33. The molecule has 0 spiro atoms. The van der Waals surface area contributed by atoms with Crippen LogP contribution in [0.1, 0.15) is 65.7 Å². The largest absolute Gasteiger partial charge is 0.299 e. The lowest BCUT2D eigenvalue weighted by Gasteiger charge is -2.35. The monoisotopic (exact) mass is 196 g/mol. The first-order valence-electron chi connectivity index (χ1n) is 6.08. The molecule has 0 unspecified atom stereocenters. The molecule has 0 aromatic rings. The molecule has 1 aliphatic rings. The molecule has 0 aliphatic heterocycles. The highest BCUT2D eigenvalue weighted by Crippen LogP contribution is 2.41. The Labute approximate surface area is 88.3 Å². The fourth-order valence-corrected chi connectivity index (χ4v) is 2.57. The molecule has 0 N–H and O–H groups in total. The van der Waals surface area contributed by atoms with Crippen molar-refractivity contribution >= 4 is 5.78 Å². The molecular weight excluding hydrogens is 172 g/mol. The minimum Gasteiger partial charge on any atom is -0.299 e. The lowest BCUT2D eigenvalue weighted by Crippen LogP contribution is -2.32. The first kappa shape index (κ1) is 11.7. The predicted molar refractivity (Wildman–Crippen MR) is 60.3 cm³/mol. The van der Waals surface area contributed by atoms with Gasteiger partial charge in [-0.3, -0.25) is 4.79 Å². The van der Waals surface area contributed by atoms with Crippen molar-refractivity contribution in [3.05, 3.63) is 0 Å². The summed E-state index contributed by atoms with van der Waals surface area (Å²) in [5, 5.41) is 0. The number of rotatable bonds is 4. The highest BCUT2D eigenvalue weighted by molar-refractivity contribution is 5.82. The van der Waals surface area contributed by atoms with E-state index in [9.17, 15) is 4.79 Å². The van der Waals surface area contributed by atoms with Crippen molar-refractivity contribution in [1.82, 2.24) is 0 Å². The van der Waals surface area contributed by atoms with Crippen LogP contribution >= 0.6 is 0 Å². The zero-order valence-corrected chi connectivity index (χ0v) is 9.94. The normalized spacial score (nSPS) is 21.1. The number of carbonyl (C=O) groups is 1. The topological polar surface area (TPSA) is 17.1 Å². The second kappa shape index (κ2) is 4.95. The Balaban J connectivity index is 2.56. The van der Waals surface area contributed by atoms with Gasteiger partial charge in [-0.2, -0.15) is 0 Å². The van der Waals surface area contributed by atoms with Crippen LogP contribution < -0.4 is 0 Å². The lowest BCUT2D eigenvalue weighted by atomic mass is 9.68. The van der Waals surface area contributed by atoms with Gasteiger partial charge in [-0.05, 0) is 32.1 Å². The molecule has 82 valence electrons. The minimum atomic E-state index is 0.0719. The first-order valence-corrected chi connectivity index (χ1v) is 6.08. The van der Waals surface area contributed by atoms with E-state index < -0.39 is 0 Å². The molecule has 0 aromatic heterocycles. The van der Waals surface area contributed by atoms with Gasteiger partial charge in [-0.25, -0.2) is 0 Å². The summed E-state index contributed by atoms with van der Waals surface area (Å²) in [4.78, 5) is 11.7. The van der Waals surface area contributed by atoms with E-state index in [0.29, 0.717) is 5.78 Å². The molecule has 0 radical (unpaired) electrons. The van der Waals surface area contributed by atoms with Crippen LogP contribution in [0.4, 0.5) is 0 Å². The van der Waals surface area contributed by atoms with E-state index in [4.69, 9.17) is 0 Å². The van der Waals surface area contributed by atoms with E-state index in [1.165, 1.54) is 25.7 Å². The van der Waals surface area contributed by atoms with Gasteiger partial charge in [0.25, 0.3) is 0 Å². The van der Waals surface area contributed by atoms with Crippen molar-refractivity contribution in [2.75, 3.05) is 0 Å². The zero-order valence-electron chi connectivity index (χ0n) is 9.94. The molecule has 1 rings (SSSR count). The molecule has 0 aromatic carbocycles. The SMILES string of the molecule is CC(=O)C1(CCC(C)C)CCCCC1. The van der Waals surface area contributed by atoms with Crippen LogP contribution in [0.25, 0.3) is 0 Å². The highest BCUT2D eigenvalue weighted by Gasteiger charge is 2.35. The summed E-state index contributed by atoms with van der Waals surface area (Å²) in [5.74, 6) is 1.17. The predicted octanol–water partition coefficient (Wildman–Crippen LogP) is 3.96. The molecule has 0 heterocycles. The average Bonchev–Trinajstić information content (AvgIpc) is 2.16. The lowest BCUT2D eigenvalue weighted by molar-refractivity contribution is -0.129. The van der Waals surface area contributed by atoms with Crippen LogP contribution in [0.3, 0.4) is 0 Å². The van der Waals surface area contributed by atoms with Crippen LogP contribution in [0.5, 0.6) is 0 Å². The number of Topliss-reactive ketones (excluding diaryl/α,β-unsaturated/α-hetero) is 1. The molecule has 0 atom stereocenters.